The number of aromatic nitrogens is 1. The predicted octanol–water partition coefficient (Wildman–Crippen LogP) is 3.37. The van der Waals surface area contributed by atoms with Crippen LogP contribution in [0.25, 0.3) is 6.08 Å². The first-order chi connectivity index (χ1) is 18.4. The van der Waals surface area contributed by atoms with Crippen molar-refractivity contribution < 1.29 is 23.7 Å². The van der Waals surface area contributed by atoms with Crippen LogP contribution in [0.3, 0.4) is 0 Å². The van der Waals surface area contributed by atoms with E-state index in [4.69, 9.17) is 35.8 Å². The molecule has 0 aliphatic carbocycles. The molecule has 0 spiro atoms. The molecular formula is C27H24ClN3O6S. The second-order valence-electron chi connectivity index (χ2n) is 7.88. The number of hydrogen-bond acceptors (Lipinski definition) is 9. The zero-order valence-corrected chi connectivity index (χ0v) is 22.5. The SMILES string of the molecule is CCOc1ccc([C@H]2C(C(=O)OC)=CN=c3s/c(=C/c4cc(Cl)ccc4OCC#N)c(=O)n32)cc1OCC. The van der Waals surface area contributed by atoms with E-state index in [0.717, 1.165) is 11.3 Å². The van der Waals surface area contributed by atoms with Gasteiger partial charge in [0.2, 0.25) is 0 Å². The maximum absolute atomic E-state index is 13.8. The number of thiazole rings is 1. The normalized spacial score (nSPS) is 14.6. The lowest BCUT2D eigenvalue weighted by atomic mass is 9.97. The summed E-state index contributed by atoms with van der Waals surface area (Å²) in [5.41, 5.74) is 0.976. The van der Waals surface area contributed by atoms with Crippen molar-refractivity contribution in [1.29, 1.82) is 5.26 Å². The highest BCUT2D eigenvalue weighted by atomic mass is 35.5. The lowest BCUT2D eigenvalue weighted by molar-refractivity contribution is -0.136. The molecule has 0 N–H and O–H groups in total. The average Bonchev–Trinajstić information content (AvgIpc) is 3.23. The Labute approximate surface area is 227 Å². The Bertz CT molecular complexity index is 1620. The fourth-order valence-electron chi connectivity index (χ4n) is 4.00. The largest absolute Gasteiger partial charge is 0.490 e. The van der Waals surface area contributed by atoms with Crippen LogP contribution in [-0.2, 0) is 9.53 Å². The molecule has 38 heavy (non-hydrogen) atoms. The van der Waals surface area contributed by atoms with Gasteiger partial charge in [-0.1, -0.05) is 29.0 Å². The van der Waals surface area contributed by atoms with Gasteiger partial charge >= 0.3 is 5.97 Å². The first-order valence-electron chi connectivity index (χ1n) is 11.7. The van der Waals surface area contributed by atoms with Crippen molar-refractivity contribution in [3.05, 3.63) is 84.0 Å². The van der Waals surface area contributed by atoms with Crippen molar-refractivity contribution in [3.63, 3.8) is 0 Å². The summed E-state index contributed by atoms with van der Waals surface area (Å²) < 4.78 is 23.8. The van der Waals surface area contributed by atoms with E-state index in [9.17, 15) is 9.59 Å². The molecule has 1 atom stereocenters. The number of rotatable bonds is 9. The number of ether oxygens (including phenoxy) is 4. The predicted molar refractivity (Wildman–Crippen MR) is 143 cm³/mol. The summed E-state index contributed by atoms with van der Waals surface area (Å²) in [6.45, 7) is 4.42. The summed E-state index contributed by atoms with van der Waals surface area (Å²) in [5.74, 6) is 0.844. The fraction of sp³-hybridized carbons (Fsp3) is 0.259. The Morgan fingerprint density at radius 3 is 2.58 bits per heavy atom. The number of methoxy groups -OCH3 is 1. The third-order valence-corrected chi connectivity index (χ3v) is 6.79. The minimum Gasteiger partial charge on any atom is -0.490 e. The number of fused-ring (bicyclic) bond motifs is 1. The van der Waals surface area contributed by atoms with E-state index in [2.05, 4.69) is 4.99 Å². The number of carbonyl (C=O) groups is 1. The standard InChI is InChI=1S/C27H24ClN3O6S/c1-4-35-21-8-6-16(13-22(21)36-5-2)24-19(26(33)34-3)15-30-27-31(24)25(32)23(38-27)14-17-12-18(28)7-9-20(17)37-11-10-29/h6-9,12-15,24H,4-5,11H2,1-3H3/b23-14+/t24-/m0/s1. The van der Waals surface area contributed by atoms with Gasteiger partial charge in [0, 0.05) is 16.8 Å². The number of nitriles is 1. The highest BCUT2D eigenvalue weighted by molar-refractivity contribution is 7.07. The third kappa shape index (κ3) is 5.44. The van der Waals surface area contributed by atoms with Crippen LogP contribution in [0.15, 0.2) is 58.0 Å². The maximum atomic E-state index is 13.8. The van der Waals surface area contributed by atoms with Gasteiger partial charge in [0.05, 0.1) is 36.5 Å². The van der Waals surface area contributed by atoms with Crippen molar-refractivity contribution in [3.8, 4) is 23.3 Å². The summed E-state index contributed by atoms with van der Waals surface area (Å²) in [4.78, 5) is 31.3. The van der Waals surface area contributed by atoms with Crippen LogP contribution in [0.4, 0.5) is 0 Å². The second kappa shape index (κ2) is 12.0. The van der Waals surface area contributed by atoms with Gasteiger partial charge in [0.1, 0.15) is 11.8 Å². The molecule has 9 nitrogen and oxygen atoms in total. The van der Waals surface area contributed by atoms with Gasteiger partial charge < -0.3 is 18.9 Å². The minimum atomic E-state index is -0.815. The Morgan fingerprint density at radius 1 is 1.13 bits per heavy atom. The molecule has 0 unspecified atom stereocenters. The molecule has 2 heterocycles. The van der Waals surface area contributed by atoms with Crippen LogP contribution in [0.1, 0.15) is 31.0 Å². The lowest BCUT2D eigenvalue weighted by Crippen LogP contribution is -2.39. The Morgan fingerprint density at radius 2 is 1.87 bits per heavy atom. The Balaban J connectivity index is 1.91. The topological polar surface area (TPSA) is 112 Å². The van der Waals surface area contributed by atoms with Gasteiger partial charge in [-0.05, 0) is 55.8 Å². The van der Waals surface area contributed by atoms with Gasteiger partial charge in [0.15, 0.2) is 22.9 Å². The van der Waals surface area contributed by atoms with Crippen LogP contribution >= 0.6 is 22.9 Å². The van der Waals surface area contributed by atoms with Crippen molar-refractivity contribution in [2.24, 2.45) is 4.99 Å². The molecule has 1 aliphatic heterocycles. The molecular weight excluding hydrogens is 530 g/mol. The van der Waals surface area contributed by atoms with E-state index in [1.165, 1.54) is 17.9 Å². The molecule has 2 aromatic carbocycles. The van der Waals surface area contributed by atoms with E-state index in [1.807, 2.05) is 19.9 Å². The fourth-order valence-corrected chi connectivity index (χ4v) is 5.14. The van der Waals surface area contributed by atoms with Crippen LogP contribution in [0, 0.1) is 11.3 Å². The molecule has 1 aromatic heterocycles. The van der Waals surface area contributed by atoms with E-state index >= 15 is 0 Å². The molecule has 0 bridgehead atoms. The molecule has 4 rings (SSSR count). The average molecular weight is 554 g/mol. The van der Waals surface area contributed by atoms with Crippen LogP contribution < -0.4 is 29.1 Å². The first-order valence-corrected chi connectivity index (χ1v) is 12.9. The summed E-state index contributed by atoms with van der Waals surface area (Å²) >= 11 is 7.34. The molecule has 0 fully saturated rings. The van der Waals surface area contributed by atoms with Crippen LogP contribution in [0.5, 0.6) is 17.2 Å². The summed E-state index contributed by atoms with van der Waals surface area (Å²) in [6, 6.07) is 11.3. The molecule has 0 amide bonds. The zero-order valence-electron chi connectivity index (χ0n) is 20.9. The van der Waals surface area contributed by atoms with E-state index in [-0.39, 0.29) is 17.7 Å². The van der Waals surface area contributed by atoms with Gasteiger partial charge in [-0.15, -0.1) is 0 Å². The lowest BCUT2D eigenvalue weighted by Gasteiger charge is -2.23. The summed E-state index contributed by atoms with van der Waals surface area (Å²) in [7, 11) is 1.27. The smallest absolute Gasteiger partial charge is 0.337 e. The van der Waals surface area contributed by atoms with Gasteiger partial charge in [0.25, 0.3) is 5.56 Å². The minimum absolute atomic E-state index is 0.161. The van der Waals surface area contributed by atoms with Crippen molar-refractivity contribution in [1.82, 2.24) is 4.57 Å². The van der Waals surface area contributed by atoms with Gasteiger partial charge in [-0.2, -0.15) is 5.26 Å². The third-order valence-electron chi connectivity index (χ3n) is 5.56. The van der Waals surface area contributed by atoms with Crippen molar-refractivity contribution >= 4 is 35.0 Å². The Hall–Kier alpha value is -4.07. The monoisotopic (exact) mass is 553 g/mol. The maximum Gasteiger partial charge on any atom is 0.337 e. The Kier molecular flexibility index (Phi) is 8.51. The molecule has 196 valence electrons. The van der Waals surface area contributed by atoms with Crippen LogP contribution in [-0.4, -0.2) is 37.5 Å². The molecule has 3 aromatic rings. The van der Waals surface area contributed by atoms with Crippen LogP contribution in [0.2, 0.25) is 5.02 Å². The van der Waals surface area contributed by atoms with E-state index in [0.29, 0.717) is 55.9 Å². The highest BCUT2D eigenvalue weighted by Gasteiger charge is 2.31. The number of carbonyl (C=O) groups excluding carboxylic acids is 1. The van der Waals surface area contributed by atoms with Gasteiger partial charge in [-0.3, -0.25) is 9.36 Å². The van der Waals surface area contributed by atoms with E-state index < -0.39 is 12.0 Å². The number of halogens is 1. The molecule has 11 heteroatoms. The molecule has 0 saturated carbocycles. The first kappa shape index (κ1) is 27.0. The number of hydrogen-bond donors (Lipinski definition) is 0. The van der Waals surface area contributed by atoms with Crippen molar-refractivity contribution in [2.45, 2.75) is 19.9 Å². The van der Waals surface area contributed by atoms with Gasteiger partial charge in [-0.25, -0.2) is 9.79 Å². The van der Waals surface area contributed by atoms with E-state index in [1.54, 1.807) is 42.5 Å². The molecule has 0 radical (unpaired) electrons. The molecule has 1 aliphatic rings. The number of nitrogens with zero attached hydrogens (tertiary/aromatic N) is 3. The molecule has 0 saturated heterocycles. The summed E-state index contributed by atoms with van der Waals surface area (Å²) in [5, 5.41) is 9.35. The highest BCUT2D eigenvalue weighted by Crippen LogP contribution is 2.35. The second-order valence-corrected chi connectivity index (χ2v) is 9.32. The number of esters is 1. The summed E-state index contributed by atoms with van der Waals surface area (Å²) in [6.07, 6.45) is 3.05. The number of benzene rings is 2. The quantitative estimate of drug-likeness (QED) is 0.373. The van der Waals surface area contributed by atoms with Crippen molar-refractivity contribution in [2.75, 3.05) is 26.9 Å². The zero-order chi connectivity index (χ0) is 27.2.